The van der Waals surface area contributed by atoms with Crippen molar-refractivity contribution in [3.8, 4) is 11.1 Å². The molecule has 0 spiro atoms. The molecule has 2 aromatic carbocycles. The van der Waals surface area contributed by atoms with Crippen molar-refractivity contribution in [2.45, 2.75) is 31.5 Å². The SMILES string of the molecule is CC(NC(=O)c1cccc(-c2ccc(CN)cc2)c1)C1(O)CCNC1. The quantitative estimate of drug-likeness (QED) is 0.667. The summed E-state index contributed by atoms with van der Waals surface area (Å²) in [6.45, 7) is 3.63. The first-order valence-corrected chi connectivity index (χ1v) is 8.65. The average molecular weight is 339 g/mol. The normalized spacial score (nSPS) is 21.1. The Balaban J connectivity index is 1.75. The zero-order valence-electron chi connectivity index (χ0n) is 14.5. The molecular weight excluding hydrogens is 314 g/mol. The van der Waals surface area contributed by atoms with Crippen LogP contribution < -0.4 is 16.4 Å². The maximum absolute atomic E-state index is 12.6. The van der Waals surface area contributed by atoms with Gasteiger partial charge in [-0.25, -0.2) is 0 Å². The Kier molecular flexibility index (Phi) is 5.18. The van der Waals surface area contributed by atoms with Gasteiger partial charge in [0.2, 0.25) is 0 Å². The van der Waals surface area contributed by atoms with E-state index < -0.39 is 5.60 Å². The molecule has 1 aliphatic rings. The van der Waals surface area contributed by atoms with Gasteiger partial charge in [-0.15, -0.1) is 0 Å². The van der Waals surface area contributed by atoms with Gasteiger partial charge in [-0.1, -0.05) is 36.4 Å². The van der Waals surface area contributed by atoms with Crippen LogP contribution in [0.25, 0.3) is 11.1 Å². The molecular formula is C20H25N3O2. The number of hydrogen-bond acceptors (Lipinski definition) is 4. The van der Waals surface area contributed by atoms with Gasteiger partial charge in [0.05, 0.1) is 11.6 Å². The lowest BCUT2D eigenvalue weighted by atomic mass is 9.94. The molecule has 3 rings (SSSR count). The molecule has 2 aromatic rings. The van der Waals surface area contributed by atoms with E-state index in [0.717, 1.165) is 23.2 Å². The lowest BCUT2D eigenvalue weighted by Gasteiger charge is -2.29. The van der Waals surface area contributed by atoms with Crippen LogP contribution in [0.15, 0.2) is 48.5 Å². The van der Waals surface area contributed by atoms with E-state index in [2.05, 4.69) is 10.6 Å². The summed E-state index contributed by atoms with van der Waals surface area (Å²) < 4.78 is 0. The predicted molar refractivity (Wildman–Crippen MR) is 99.1 cm³/mol. The van der Waals surface area contributed by atoms with Crippen LogP contribution in [-0.2, 0) is 6.54 Å². The monoisotopic (exact) mass is 339 g/mol. The molecule has 25 heavy (non-hydrogen) atoms. The van der Waals surface area contributed by atoms with Crippen LogP contribution in [-0.4, -0.2) is 35.7 Å². The molecule has 2 unspecified atom stereocenters. The number of β-amino-alcohol motifs (C(OH)–C–C–N with tert-alkyl or cyclic N) is 1. The summed E-state index contributed by atoms with van der Waals surface area (Å²) in [5.74, 6) is -0.173. The highest BCUT2D eigenvalue weighted by Gasteiger charge is 2.37. The highest BCUT2D eigenvalue weighted by Crippen LogP contribution is 2.22. The van der Waals surface area contributed by atoms with Crippen molar-refractivity contribution in [1.82, 2.24) is 10.6 Å². The number of nitrogens with two attached hydrogens (primary N) is 1. The summed E-state index contributed by atoms with van der Waals surface area (Å²) in [6, 6.07) is 15.2. The van der Waals surface area contributed by atoms with E-state index >= 15 is 0 Å². The number of nitrogens with one attached hydrogen (secondary N) is 2. The van der Waals surface area contributed by atoms with E-state index in [1.807, 2.05) is 49.4 Å². The van der Waals surface area contributed by atoms with Crippen molar-refractivity contribution in [3.05, 3.63) is 59.7 Å². The fourth-order valence-electron chi connectivity index (χ4n) is 3.16. The highest BCUT2D eigenvalue weighted by molar-refractivity contribution is 5.95. The number of rotatable bonds is 5. The van der Waals surface area contributed by atoms with Crippen LogP contribution in [0, 0.1) is 0 Å². The summed E-state index contributed by atoms with van der Waals surface area (Å²) in [5.41, 5.74) is 8.43. The molecule has 0 aliphatic carbocycles. The zero-order chi connectivity index (χ0) is 17.9. The number of aliphatic hydroxyl groups is 1. The number of hydrogen-bond donors (Lipinski definition) is 4. The standard InChI is InChI=1S/C20H25N3O2/c1-14(20(25)9-10-22-13-20)23-19(24)18-4-2-3-17(11-18)16-7-5-15(12-21)6-8-16/h2-8,11,14,22,25H,9-10,12-13,21H2,1H3,(H,23,24). The second-order valence-corrected chi connectivity index (χ2v) is 6.71. The van der Waals surface area contributed by atoms with Gasteiger partial charge in [0.1, 0.15) is 0 Å². The molecule has 5 heteroatoms. The van der Waals surface area contributed by atoms with Gasteiger partial charge in [-0.05, 0) is 48.7 Å². The Morgan fingerprint density at radius 2 is 2.04 bits per heavy atom. The van der Waals surface area contributed by atoms with Gasteiger partial charge < -0.3 is 21.5 Å². The Morgan fingerprint density at radius 3 is 2.68 bits per heavy atom. The fourth-order valence-corrected chi connectivity index (χ4v) is 3.16. The van der Waals surface area contributed by atoms with E-state index in [0.29, 0.717) is 25.1 Å². The second-order valence-electron chi connectivity index (χ2n) is 6.71. The van der Waals surface area contributed by atoms with Crippen molar-refractivity contribution in [3.63, 3.8) is 0 Å². The van der Waals surface area contributed by atoms with Gasteiger partial charge in [0, 0.05) is 18.7 Å². The summed E-state index contributed by atoms with van der Waals surface area (Å²) in [6.07, 6.45) is 0.641. The van der Waals surface area contributed by atoms with Crippen LogP contribution in [0.1, 0.15) is 29.3 Å². The van der Waals surface area contributed by atoms with E-state index in [-0.39, 0.29) is 11.9 Å². The molecule has 1 fully saturated rings. The molecule has 0 saturated carbocycles. The van der Waals surface area contributed by atoms with Gasteiger partial charge in [0.15, 0.2) is 0 Å². The molecule has 0 aromatic heterocycles. The molecule has 5 N–H and O–H groups in total. The topological polar surface area (TPSA) is 87.4 Å². The maximum atomic E-state index is 12.6. The van der Waals surface area contributed by atoms with Crippen LogP contribution in [0.3, 0.4) is 0 Å². The van der Waals surface area contributed by atoms with E-state index in [9.17, 15) is 9.90 Å². The number of carbonyl (C=O) groups is 1. The third-order valence-electron chi connectivity index (χ3n) is 4.97. The Hall–Kier alpha value is -2.21. The predicted octanol–water partition coefficient (Wildman–Crippen LogP) is 1.66. The first-order chi connectivity index (χ1) is 12.0. The van der Waals surface area contributed by atoms with Crippen LogP contribution in [0.4, 0.5) is 0 Å². The average Bonchev–Trinajstić information content (AvgIpc) is 3.10. The minimum Gasteiger partial charge on any atom is -0.386 e. The largest absolute Gasteiger partial charge is 0.386 e. The first kappa shape index (κ1) is 17.6. The molecule has 1 heterocycles. The van der Waals surface area contributed by atoms with Crippen LogP contribution in [0.5, 0.6) is 0 Å². The molecule has 1 aliphatic heterocycles. The molecule has 1 amide bonds. The van der Waals surface area contributed by atoms with Crippen LogP contribution >= 0.6 is 0 Å². The van der Waals surface area contributed by atoms with E-state index in [4.69, 9.17) is 5.73 Å². The minimum absolute atomic E-state index is 0.173. The maximum Gasteiger partial charge on any atom is 0.251 e. The van der Waals surface area contributed by atoms with E-state index in [1.165, 1.54) is 0 Å². The summed E-state index contributed by atoms with van der Waals surface area (Å²) >= 11 is 0. The smallest absolute Gasteiger partial charge is 0.251 e. The Bertz CT molecular complexity index is 737. The first-order valence-electron chi connectivity index (χ1n) is 8.65. The van der Waals surface area contributed by atoms with Gasteiger partial charge >= 0.3 is 0 Å². The number of benzene rings is 2. The summed E-state index contributed by atoms with van der Waals surface area (Å²) in [5, 5.41) is 16.6. The van der Waals surface area contributed by atoms with Crippen molar-refractivity contribution in [1.29, 1.82) is 0 Å². The Labute approximate surface area is 148 Å². The third-order valence-corrected chi connectivity index (χ3v) is 4.97. The minimum atomic E-state index is -0.884. The van der Waals surface area contributed by atoms with Crippen molar-refractivity contribution in [2.75, 3.05) is 13.1 Å². The molecule has 0 bridgehead atoms. The highest BCUT2D eigenvalue weighted by atomic mass is 16.3. The molecule has 5 nitrogen and oxygen atoms in total. The summed E-state index contributed by atoms with van der Waals surface area (Å²) in [7, 11) is 0. The fraction of sp³-hybridized carbons (Fsp3) is 0.350. The number of amides is 1. The molecule has 1 saturated heterocycles. The van der Waals surface area contributed by atoms with Gasteiger partial charge in [0.25, 0.3) is 5.91 Å². The lowest BCUT2D eigenvalue weighted by Crippen LogP contribution is -2.52. The van der Waals surface area contributed by atoms with Crippen LogP contribution in [0.2, 0.25) is 0 Å². The van der Waals surface area contributed by atoms with Crippen molar-refractivity contribution in [2.24, 2.45) is 5.73 Å². The molecule has 0 radical (unpaired) electrons. The second kappa shape index (κ2) is 7.35. The van der Waals surface area contributed by atoms with Gasteiger partial charge in [-0.2, -0.15) is 0 Å². The zero-order valence-corrected chi connectivity index (χ0v) is 14.5. The number of carbonyl (C=O) groups excluding carboxylic acids is 1. The summed E-state index contributed by atoms with van der Waals surface area (Å²) in [4.78, 5) is 12.6. The van der Waals surface area contributed by atoms with E-state index in [1.54, 1.807) is 6.07 Å². The molecule has 2 atom stereocenters. The third kappa shape index (κ3) is 3.90. The van der Waals surface area contributed by atoms with Crippen molar-refractivity contribution < 1.29 is 9.90 Å². The van der Waals surface area contributed by atoms with Gasteiger partial charge in [-0.3, -0.25) is 4.79 Å². The lowest BCUT2D eigenvalue weighted by molar-refractivity contribution is 0.0257. The molecule has 132 valence electrons. The Morgan fingerprint density at radius 1 is 1.28 bits per heavy atom. The van der Waals surface area contributed by atoms with Crippen molar-refractivity contribution >= 4 is 5.91 Å².